The number of carbonyl (C=O) groups excluding carboxylic acids is 5. The molecular weight excluding hydrogens is 977 g/mol. The Hall–Kier alpha value is -2.65. The summed E-state index contributed by atoms with van der Waals surface area (Å²) in [6.07, 6.45) is 34.3. The zero-order chi connectivity index (χ0) is 56.7. The van der Waals surface area contributed by atoms with Crippen molar-refractivity contribution in [1.82, 2.24) is 0 Å². The van der Waals surface area contributed by atoms with Gasteiger partial charge >= 0.3 is 29.8 Å². The number of hydrogen-bond acceptors (Lipinski definition) is 10. The van der Waals surface area contributed by atoms with Gasteiger partial charge in [-0.15, -0.1) is 0 Å². The van der Waals surface area contributed by atoms with Gasteiger partial charge < -0.3 is 23.7 Å². The highest BCUT2D eigenvalue weighted by Gasteiger charge is 2.63. The Bertz CT molecular complexity index is 1940. The molecule has 0 aromatic heterocycles. The Morgan fingerprint density at radius 3 is 1.40 bits per heavy atom. The van der Waals surface area contributed by atoms with Gasteiger partial charge in [0.1, 0.15) is 30.0 Å². The summed E-state index contributed by atoms with van der Waals surface area (Å²) < 4.78 is 28.5. The Labute approximate surface area is 475 Å². The van der Waals surface area contributed by atoms with E-state index >= 15 is 0 Å². The highest BCUT2D eigenvalue weighted by atomic mass is 16.6. The normalized spacial score (nSPS) is 38.4. The number of ether oxygens (including phenoxy) is 5. The van der Waals surface area contributed by atoms with E-state index in [4.69, 9.17) is 23.7 Å². The minimum absolute atomic E-state index is 0.00192. The maximum atomic E-state index is 12.0. The zero-order valence-electron chi connectivity index (χ0n) is 51.9. The molecule has 12 rings (SSSR count). The van der Waals surface area contributed by atoms with E-state index in [1.54, 1.807) is 0 Å². The van der Waals surface area contributed by atoms with E-state index < -0.39 is 0 Å². The van der Waals surface area contributed by atoms with Crippen LogP contribution >= 0.6 is 0 Å². The van der Waals surface area contributed by atoms with Crippen LogP contribution in [0.2, 0.25) is 0 Å². The number of esters is 5. The van der Waals surface area contributed by atoms with Crippen LogP contribution in [0.4, 0.5) is 0 Å². The molecule has 12 aliphatic carbocycles. The lowest BCUT2D eigenvalue weighted by Gasteiger charge is -2.55. The van der Waals surface area contributed by atoms with E-state index in [0.29, 0.717) is 17.3 Å². The van der Waals surface area contributed by atoms with Crippen LogP contribution in [0.25, 0.3) is 0 Å². The van der Waals surface area contributed by atoms with Gasteiger partial charge in [0.05, 0.1) is 29.6 Å². The summed E-state index contributed by atoms with van der Waals surface area (Å²) in [4.78, 5) is 58.9. The molecule has 16 atom stereocenters. The number of fused-ring (bicyclic) bond motifs is 9. The smallest absolute Gasteiger partial charge is 0.309 e. The SMILES string of the molecule is CCC(C)C(=O)OC12CC3CC(CC(C3)C1)C2.CCC(C)C(=O)OC1CC2CC1C1CCCC21.CCC(C)C(=O)OC1CC2CCC1(C)C2(C)C.CCC(C)C(=O)OC1CC2CCC1C2.CCC(C)C(=O)OC1CCCCC1. The van der Waals surface area contributed by atoms with Gasteiger partial charge in [0.2, 0.25) is 0 Å². The van der Waals surface area contributed by atoms with Crippen molar-refractivity contribution in [2.75, 3.05) is 0 Å². The zero-order valence-corrected chi connectivity index (χ0v) is 51.9. The van der Waals surface area contributed by atoms with Gasteiger partial charge in [0.15, 0.2) is 0 Å². The molecule has 0 radical (unpaired) electrons. The topological polar surface area (TPSA) is 132 Å². The molecule has 12 aliphatic rings. The fourth-order valence-corrected chi connectivity index (χ4v) is 17.3. The molecule has 12 fully saturated rings. The molecule has 0 aromatic rings. The summed E-state index contributed by atoms with van der Waals surface area (Å²) in [5.41, 5.74) is 0.476. The van der Waals surface area contributed by atoms with Crippen molar-refractivity contribution in [2.24, 2.45) is 99.6 Å². The van der Waals surface area contributed by atoms with Crippen LogP contribution in [-0.4, -0.2) is 59.9 Å². The lowest BCUT2D eigenvalue weighted by atomic mass is 9.54. The molecule has 0 amide bonds. The summed E-state index contributed by atoms with van der Waals surface area (Å²) in [6.45, 7) is 27.0. The number of hydrogen-bond donors (Lipinski definition) is 0. The number of rotatable bonds is 15. The fourth-order valence-electron chi connectivity index (χ4n) is 17.3. The van der Waals surface area contributed by atoms with E-state index in [1.165, 1.54) is 96.3 Å². The molecule has 0 aromatic carbocycles. The minimum atomic E-state index is -0.0464. The Morgan fingerprint density at radius 2 is 0.923 bits per heavy atom. The molecule has 446 valence electrons. The maximum Gasteiger partial charge on any atom is 0.309 e. The third-order valence-corrected chi connectivity index (χ3v) is 23.8. The Morgan fingerprint density at radius 1 is 0.423 bits per heavy atom. The monoisotopic (exact) mass is 1090 g/mol. The van der Waals surface area contributed by atoms with Crippen molar-refractivity contribution < 1.29 is 47.7 Å². The highest BCUT2D eigenvalue weighted by molar-refractivity contribution is 5.74. The highest BCUT2D eigenvalue weighted by Crippen LogP contribution is 2.66. The molecule has 12 saturated carbocycles. The predicted octanol–water partition coefficient (Wildman–Crippen LogP) is 16.4. The molecule has 10 heteroatoms. The van der Waals surface area contributed by atoms with Crippen LogP contribution < -0.4 is 0 Å². The minimum Gasteiger partial charge on any atom is -0.462 e. The van der Waals surface area contributed by atoms with Crippen LogP contribution in [0.1, 0.15) is 270 Å². The van der Waals surface area contributed by atoms with Gasteiger partial charge in [-0.2, -0.15) is 0 Å². The van der Waals surface area contributed by atoms with Crippen molar-refractivity contribution in [2.45, 2.75) is 300 Å². The van der Waals surface area contributed by atoms with Crippen LogP contribution in [0.5, 0.6) is 0 Å². The van der Waals surface area contributed by atoms with E-state index in [2.05, 4.69) is 34.6 Å². The second-order valence-electron chi connectivity index (χ2n) is 29.1. The van der Waals surface area contributed by atoms with Gasteiger partial charge in [-0.3, -0.25) is 24.0 Å². The first-order chi connectivity index (χ1) is 37.1. The van der Waals surface area contributed by atoms with Crippen molar-refractivity contribution in [3.05, 3.63) is 0 Å². The van der Waals surface area contributed by atoms with E-state index in [0.717, 1.165) is 131 Å². The van der Waals surface area contributed by atoms with E-state index in [9.17, 15) is 24.0 Å². The molecule has 0 heterocycles. The molecule has 0 saturated heterocycles. The first-order valence-corrected chi connectivity index (χ1v) is 33.1. The average molecular weight is 1090 g/mol. The summed E-state index contributed by atoms with van der Waals surface area (Å²) in [5.74, 6) is 8.75. The lowest BCUT2D eigenvalue weighted by molar-refractivity contribution is -0.190. The molecule has 10 nitrogen and oxygen atoms in total. The summed E-state index contributed by atoms with van der Waals surface area (Å²) in [5, 5.41) is 0. The van der Waals surface area contributed by atoms with Crippen molar-refractivity contribution in [1.29, 1.82) is 0 Å². The molecule has 0 spiro atoms. The van der Waals surface area contributed by atoms with Crippen molar-refractivity contribution >= 4 is 29.8 Å². The van der Waals surface area contributed by atoms with Gasteiger partial charge in [0.25, 0.3) is 0 Å². The third kappa shape index (κ3) is 14.7. The van der Waals surface area contributed by atoms with E-state index in [1.807, 2.05) is 55.4 Å². The molecule has 0 aliphatic heterocycles. The summed E-state index contributed by atoms with van der Waals surface area (Å²) in [6, 6.07) is 0. The van der Waals surface area contributed by atoms with Crippen LogP contribution in [-0.2, 0) is 47.7 Å². The van der Waals surface area contributed by atoms with Gasteiger partial charge in [0, 0.05) is 5.41 Å². The quantitative estimate of drug-likeness (QED) is 0.115. The van der Waals surface area contributed by atoms with Crippen molar-refractivity contribution in [3.8, 4) is 0 Å². The average Bonchev–Trinajstić information content (AvgIpc) is 4.32. The fraction of sp³-hybridized carbons (Fsp3) is 0.926. The first kappa shape index (κ1) is 62.9. The standard InChI is InChI=1S/2C15H24O2.C15H26O2.C12H20O2.C11H20O2/c1-3-10(2)14(16)17-15-7-11-4-12(8-15)6-13(5-11)9-15;1-3-9(2)15(16)17-14-8-10-7-13(14)12-6-4-5-11(10)12;1-6-10(2)13(16)17-12-9-11-7-8-15(12,5)14(11,3)4;1-3-8(2)12(13)14-11-7-9-4-5-10(11)6-9;1-3-9(2)11(12)13-10-7-5-4-6-8-10/h10-13H,3-9H2,1-2H3;9-14H,3-8H2,1-2H3;10-12H,6-9H2,1-5H3;8-11H,3-7H2,1-2H3;9-10H,3-8H2,1-2H3. The lowest BCUT2D eigenvalue weighted by Crippen LogP contribution is -2.53. The molecule has 10 bridgehead atoms. The maximum absolute atomic E-state index is 12.0. The summed E-state index contributed by atoms with van der Waals surface area (Å²) in [7, 11) is 0. The molecule has 16 unspecified atom stereocenters. The Kier molecular flexibility index (Phi) is 22.3. The Balaban J connectivity index is 0.000000142. The van der Waals surface area contributed by atoms with Gasteiger partial charge in [-0.05, 0) is 232 Å². The van der Waals surface area contributed by atoms with Crippen LogP contribution in [0.15, 0.2) is 0 Å². The van der Waals surface area contributed by atoms with E-state index in [-0.39, 0.29) is 94.9 Å². The summed E-state index contributed by atoms with van der Waals surface area (Å²) >= 11 is 0. The van der Waals surface area contributed by atoms with Crippen LogP contribution in [0.3, 0.4) is 0 Å². The van der Waals surface area contributed by atoms with Gasteiger partial charge in [-0.1, -0.05) is 103 Å². The second kappa shape index (κ2) is 27.6. The number of carbonyl (C=O) groups is 5. The van der Waals surface area contributed by atoms with Gasteiger partial charge in [-0.25, -0.2) is 0 Å². The third-order valence-electron chi connectivity index (χ3n) is 23.8. The molecular formula is C68H114O10. The first-order valence-electron chi connectivity index (χ1n) is 33.1. The molecule has 0 N–H and O–H groups in total. The van der Waals surface area contributed by atoms with Crippen LogP contribution in [0, 0.1) is 99.6 Å². The second-order valence-corrected chi connectivity index (χ2v) is 29.1. The van der Waals surface area contributed by atoms with Crippen molar-refractivity contribution in [3.63, 3.8) is 0 Å². The molecule has 78 heavy (non-hydrogen) atoms. The largest absolute Gasteiger partial charge is 0.462 e. The predicted molar refractivity (Wildman–Crippen MR) is 309 cm³/mol.